The Labute approximate surface area is 179 Å². The molecule has 8 nitrogen and oxygen atoms in total. The van der Waals surface area contributed by atoms with Gasteiger partial charge in [-0.3, -0.25) is 9.52 Å². The topological polar surface area (TPSA) is 102 Å². The maximum atomic E-state index is 12.7. The Bertz CT molecular complexity index is 1320. The predicted molar refractivity (Wildman–Crippen MR) is 119 cm³/mol. The fourth-order valence-corrected chi connectivity index (χ4v) is 3.62. The summed E-state index contributed by atoms with van der Waals surface area (Å²) in [5.74, 6) is 0.127. The molecule has 0 atom stereocenters. The Morgan fingerprint density at radius 3 is 2.68 bits per heavy atom. The Hall–Kier alpha value is -3.85. The molecule has 0 bridgehead atoms. The van der Waals surface area contributed by atoms with Crippen molar-refractivity contribution in [1.29, 1.82) is 0 Å². The van der Waals surface area contributed by atoms with Gasteiger partial charge in [0.25, 0.3) is 5.91 Å². The molecule has 0 saturated heterocycles. The molecule has 158 valence electrons. The van der Waals surface area contributed by atoms with Gasteiger partial charge in [-0.05, 0) is 36.4 Å². The lowest BCUT2D eigenvalue weighted by atomic mass is 10.1. The molecule has 0 spiro atoms. The van der Waals surface area contributed by atoms with E-state index >= 15 is 0 Å². The molecular formula is C22H20N4O4S. The first kappa shape index (κ1) is 20.4. The van der Waals surface area contributed by atoms with Crippen molar-refractivity contribution in [3.05, 3.63) is 90.4 Å². The van der Waals surface area contributed by atoms with Gasteiger partial charge in [-0.25, -0.2) is 13.4 Å². The summed E-state index contributed by atoms with van der Waals surface area (Å²) < 4.78 is 33.2. The number of pyridine rings is 1. The number of benzene rings is 2. The van der Waals surface area contributed by atoms with Crippen LogP contribution in [-0.2, 0) is 16.6 Å². The molecular weight excluding hydrogens is 416 g/mol. The summed E-state index contributed by atoms with van der Waals surface area (Å²) in [6.07, 6.45) is 4.84. The first-order chi connectivity index (χ1) is 14.9. The van der Waals surface area contributed by atoms with Crippen molar-refractivity contribution in [2.24, 2.45) is 0 Å². The van der Waals surface area contributed by atoms with Crippen LogP contribution < -0.4 is 14.8 Å². The summed E-state index contributed by atoms with van der Waals surface area (Å²) >= 11 is 0. The van der Waals surface area contributed by atoms with Crippen LogP contribution in [0.15, 0.2) is 79.1 Å². The molecule has 2 aromatic carbocycles. The lowest BCUT2D eigenvalue weighted by molar-refractivity contribution is 0.102. The van der Waals surface area contributed by atoms with E-state index in [0.29, 0.717) is 11.4 Å². The first-order valence-corrected chi connectivity index (χ1v) is 11.3. The van der Waals surface area contributed by atoms with Crippen molar-refractivity contribution in [2.45, 2.75) is 6.61 Å². The smallest absolute Gasteiger partial charge is 0.257 e. The highest BCUT2D eigenvalue weighted by atomic mass is 32.2. The van der Waals surface area contributed by atoms with Crippen LogP contribution in [0.5, 0.6) is 5.75 Å². The third-order valence-electron chi connectivity index (χ3n) is 4.36. The lowest BCUT2D eigenvalue weighted by Gasteiger charge is -2.12. The van der Waals surface area contributed by atoms with Gasteiger partial charge < -0.3 is 14.5 Å². The van der Waals surface area contributed by atoms with Gasteiger partial charge in [0, 0.05) is 24.1 Å². The molecule has 0 fully saturated rings. The number of amides is 1. The van der Waals surface area contributed by atoms with Gasteiger partial charge in [-0.15, -0.1) is 0 Å². The van der Waals surface area contributed by atoms with E-state index in [1.54, 1.807) is 42.5 Å². The largest absolute Gasteiger partial charge is 0.487 e. The third kappa shape index (κ3) is 5.20. The number of ether oxygens (including phenoxy) is 1. The second-order valence-corrected chi connectivity index (χ2v) is 8.64. The highest BCUT2D eigenvalue weighted by Gasteiger charge is 2.14. The molecule has 2 aromatic heterocycles. The first-order valence-electron chi connectivity index (χ1n) is 9.41. The molecule has 0 unspecified atom stereocenters. The van der Waals surface area contributed by atoms with Gasteiger partial charge in [0.1, 0.15) is 18.0 Å². The third-order valence-corrected chi connectivity index (χ3v) is 4.95. The van der Waals surface area contributed by atoms with E-state index in [0.717, 1.165) is 17.6 Å². The van der Waals surface area contributed by atoms with E-state index in [4.69, 9.17) is 4.74 Å². The van der Waals surface area contributed by atoms with Crippen LogP contribution in [0, 0.1) is 0 Å². The van der Waals surface area contributed by atoms with Crippen molar-refractivity contribution < 1.29 is 17.9 Å². The molecule has 2 N–H and O–H groups in total. The van der Waals surface area contributed by atoms with Gasteiger partial charge in [-0.1, -0.05) is 24.3 Å². The second kappa shape index (κ2) is 8.49. The molecule has 9 heteroatoms. The van der Waals surface area contributed by atoms with Crippen LogP contribution in [0.2, 0.25) is 0 Å². The summed E-state index contributed by atoms with van der Waals surface area (Å²) in [7, 11) is -3.51. The molecule has 0 aliphatic heterocycles. The van der Waals surface area contributed by atoms with Gasteiger partial charge in [0.15, 0.2) is 0 Å². The van der Waals surface area contributed by atoms with E-state index in [1.807, 2.05) is 35.0 Å². The minimum atomic E-state index is -3.51. The molecule has 0 aliphatic rings. The maximum Gasteiger partial charge on any atom is 0.257 e. The molecule has 4 rings (SSSR count). The number of carbonyl (C=O) groups is 1. The van der Waals surface area contributed by atoms with Crippen LogP contribution >= 0.6 is 0 Å². The number of fused-ring (bicyclic) bond motifs is 1. The number of nitrogens with one attached hydrogen (secondary N) is 2. The SMILES string of the molecule is CS(=O)(=O)Nc1ccccc1C(=O)Nc1cccc(OCc2cn3ccccc3n2)c1. The molecule has 31 heavy (non-hydrogen) atoms. The number of carbonyl (C=O) groups excluding carboxylic acids is 1. The fourth-order valence-electron chi connectivity index (χ4n) is 3.05. The van der Waals surface area contributed by atoms with Gasteiger partial charge >= 0.3 is 0 Å². The van der Waals surface area contributed by atoms with Gasteiger partial charge in [-0.2, -0.15) is 0 Å². The fraction of sp³-hybridized carbons (Fsp3) is 0.0909. The molecule has 2 heterocycles. The normalized spacial score (nSPS) is 11.3. The number of hydrogen-bond donors (Lipinski definition) is 2. The Morgan fingerprint density at radius 2 is 1.87 bits per heavy atom. The zero-order valence-corrected chi connectivity index (χ0v) is 17.5. The number of sulfonamides is 1. The van der Waals surface area contributed by atoms with Crippen molar-refractivity contribution >= 4 is 33.0 Å². The highest BCUT2D eigenvalue weighted by molar-refractivity contribution is 7.92. The maximum absolute atomic E-state index is 12.7. The summed E-state index contributed by atoms with van der Waals surface area (Å²) in [6.45, 7) is 0.278. The average molecular weight is 436 g/mol. The lowest BCUT2D eigenvalue weighted by Crippen LogP contribution is -2.17. The second-order valence-electron chi connectivity index (χ2n) is 6.89. The zero-order chi connectivity index (χ0) is 21.8. The minimum Gasteiger partial charge on any atom is -0.487 e. The van der Waals surface area contributed by atoms with Crippen molar-refractivity contribution in [2.75, 3.05) is 16.3 Å². The number of imidazole rings is 1. The molecule has 1 amide bonds. The van der Waals surface area contributed by atoms with Crippen LogP contribution in [0.3, 0.4) is 0 Å². The number of para-hydroxylation sites is 1. The summed E-state index contributed by atoms with van der Waals surface area (Å²) in [5, 5.41) is 2.77. The molecule has 0 radical (unpaired) electrons. The molecule has 4 aromatic rings. The van der Waals surface area contributed by atoms with Crippen molar-refractivity contribution in [1.82, 2.24) is 9.38 Å². The Kier molecular flexibility index (Phi) is 5.59. The van der Waals surface area contributed by atoms with E-state index in [-0.39, 0.29) is 17.9 Å². The number of nitrogens with zero attached hydrogens (tertiary/aromatic N) is 2. The average Bonchev–Trinajstić information content (AvgIpc) is 3.15. The van der Waals surface area contributed by atoms with Crippen molar-refractivity contribution in [3.8, 4) is 5.75 Å². The predicted octanol–water partition coefficient (Wildman–Crippen LogP) is 3.54. The highest BCUT2D eigenvalue weighted by Crippen LogP contribution is 2.22. The van der Waals surface area contributed by atoms with Gasteiger partial charge in [0.2, 0.25) is 10.0 Å². The number of rotatable bonds is 7. The summed E-state index contributed by atoms with van der Waals surface area (Å²) in [6, 6.07) is 19.1. The number of anilines is 2. The number of aromatic nitrogens is 2. The van der Waals surface area contributed by atoms with Crippen LogP contribution in [0.25, 0.3) is 5.65 Å². The van der Waals surface area contributed by atoms with Crippen molar-refractivity contribution in [3.63, 3.8) is 0 Å². The number of hydrogen-bond acceptors (Lipinski definition) is 5. The molecule has 0 saturated carbocycles. The van der Waals surface area contributed by atoms with Crippen LogP contribution in [0.4, 0.5) is 11.4 Å². The van der Waals surface area contributed by atoms with Gasteiger partial charge in [0.05, 0.1) is 23.2 Å². The zero-order valence-electron chi connectivity index (χ0n) is 16.6. The Morgan fingerprint density at radius 1 is 1.06 bits per heavy atom. The van der Waals surface area contributed by atoms with E-state index in [1.165, 1.54) is 6.07 Å². The quantitative estimate of drug-likeness (QED) is 0.461. The summed E-state index contributed by atoms with van der Waals surface area (Å²) in [5.41, 5.74) is 2.56. The molecule has 0 aliphatic carbocycles. The van der Waals surface area contributed by atoms with Crippen LogP contribution in [-0.4, -0.2) is 30.0 Å². The Balaban J connectivity index is 1.45. The van der Waals surface area contributed by atoms with E-state index < -0.39 is 15.9 Å². The van der Waals surface area contributed by atoms with E-state index in [2.05, 4.69) is 15.0 Å². The van der Waals surface area contributed by atoms with Crippen LogP contribution in [0.1, 0.15) is 16.1 Å². The minimum absolute atomic E-state index is 0.210. The summed E-state index contributed by atoms with van der Waals surface area (Å²) in [4.78, 5) is 17.2. The standard InChI is InChI=1S/C22H20N4O4S/c1-31(28,29)25-20-10-3-2-9-19(20)22(27)24-16-7-6-8-18(13-16)30-15-17-14-26-12-5-4-11-21(26)23-17/h2-14,25H,15H2,1H3,(H,24,27). The monoisotopic (exact) mass is 436 g/mol. The van der Waals surface area contributed by atoms with E-state index in [9.17, 15) is 13.2 Å².